The van der Waals surface area contributed by atoms with Gasteiger partial charge in [-0.05, 0) is 206 Å². The normalized spacial score (nSPS) is 18.9. The number of carbonyl (C=O) groups is 1. The number of carbonyl (C=O) groups excluding carboxylic acids is 1. The Morgan fingerprint density at radius 2 is 0.725 bits per heavy atom. The van der Waals surface area contributed by atoms with Crippen molar-refractivity contribution in [3.8, 4) is 0 Å². The Balaban J connectivity index is 2.55. The zero-order valence-corrected chi connectivity index (χ0v) is 84.0. The summed E-state index contributed by atoms with van der Waals surface area (Å²) in [5, 5.41) is 277. The first-order valence-corrected chi connectivity index (χ1v) is 45.1. The average Bonchev–Trinajstić information content (AvgIpc) is 1.57. The van der Waals surface area contributed by atoms with Crippen molar-refractivity contribution in [3.05, 3.63) is 35.9 Å². The van der Waals surface area contributed by atoms with Crippen LogP contribution in [0.5, 0.6) is 0 Å². The van der Waals surface area contributed by atoms with E-state index in [4.69, 9.17) is 16.2 Å². The number of rotatable bonds is 55. The first kappa shape index (κ1) is 121. The Morgan fingerprint density at radius 3 is 1.15 bits per heavy atom. The molecule has 1 saturated heterocycles. The summed E-state index contributed by atoms with van der Waals surface area (Å²) in [5.41, 5.74) is -13.4. The first-order chi connectivity index (χ1) is 63.2. The fraction of sp³-hybridized carbons (Fsp3) is 0.681. The summed E-state index contributed by atoms with van der Waals surface area (Å²) < 4.78 is 0. The van der Waals surface area contributed by atoms with Crippen molar-refractivity contribution in [2.45, 2.75) is 361 Å². The molecule has 0 saturated carbocycles. The molecule has 1 amide bonds. The second kappa shape index (κ2) is 52.0. The van der Waals surface area contributed by atoms with Gasteiger partial charge in [-0.3, -0.25) is 21.0 Å². The SMILES string of the molecule is CC(O)=NC(C)(C)C(O)=NC(C)C(O)=NC(C)C(O)=NC(C)C(O)=NC(C)(C)C(O)=NC(C)(C)C(O)=NC(CCC(=N)O)C(O)=NC(C)(C)C(O)=NC(CC(C)C)C(O)=NC(C)(C)C(O)=NCC(O)=NC(CC(C)C)C(O)=NC(C)(C)C(=O)N1CCCC1C(O)=NC(C(O)=NC(C)(C)C(O)=NC(C)(C)C(O)=NC(CCC(=N)O)C(O)=NC(CCC(=N)O)C(O)=NC(CO)Cc1ccccc1)C(C)C. The fourth-order valence-corrected chi connectivity index (χ4v) is 12.8. The van der Waals surface area contributed by atoms with Gasteiger partial charge in [0, 0.05) is 32.7 Å². The maximum Gasteiger partial charge on any atom is 0.250 e. The third kappa shape index (κ3) is 39.6. The van der Waals surface area contributed by atoms with Crippen LogP contribution in [0, 0.1) is 34.0 Å². The quantitative estimate of drug-likeness (QED) is 0.0213. The van der Waals surface area contributed by atoms with Crippen molar-refractivity contribution in [2.24, 2.45) is 113 Å². The molecule has 774 valence electrons. The second-order valence-corrected chi connectivity index (χ2v) is 39.0. The lowest BCUT2D eigenvalue weighted by atomic mass is 10.0. The molecule has 1 aliphatic heterocycles. The minimum absolute atomic E-state index is 0.00742. The number of hydrogen-bond donors (Lipinski definition) is 26. The molecule has 0 bridgehead atoms. The van der Waals surface area contributed by atoms with E-state index in [1.165, 1.54) is 143 Å². The van der Waals surface area contributed by atoms with Crippen molar-refractivity contribution in [2.75, 3.05) is 19.7 Å². The van der Waals surface area contributed by atoms with Crippen molar-refractivity contribution >= 4 is 136 Å². The Bertz CT molecular complexity index is 4950. The molecule has 47 heteroatoms. The van der Waals surface area contributed by atoms with E-state index < -0.39 is 272 Å². The Labute approximate surface area is 805 Å². The smallest absolute Gasteiger partial charge is 0.250 e. The van der Waals surface area contributed by atoms with E-state index in [0.29, 0.717) is 6.42 Å². The molecule has 47 nitrogen and oxygen atoms in total. The van der Waals surface area contributed by atoms with Crippen LogP contribution in [0.4, 0.5) is 0 Å². The standard InChI is InChI=1S/C91H151N23O24/c1-46(2)41-58(72(127)110-91(25,26)83(138)114-40-30-33-60(114)74(129)105-65(48(5)6)75(130)111-90(23,24)82(137)113-87(17,18)79(134)102-56(35-38-62(93)118)70(125)101-55(34-37-61(92)117)69(124)99-54(45-115)43-53-31-28-27-29-32-53)100-64(120)44-95-76(131)84(11,12)109-73(128)59(42-47(3)4)104-78(133)86(15,16)108-71(126)57(36-39-63(94)119)103-80(135)88(19,20)112-81(136)89(21,22)107-68(123)51(9)97-66(121)49(7)96-67(122)50(8)98-77(132)85(13,14)106-52(10)116/h27-29,31-32,46-51,54-60,65,115H,30,33-45H2,1-26H3,(H2,92,117)(H2,93,118)(H2,94,119)(H,95,131)(H,96,122)(H,97,121)(H,98,132)(H,99,124)(H,100,120)(H,101,125)(H,102,134)(H,103,135)(H,104,133)(H,105,129)(H,106,116)(H,107,123)(H,108,126)(H,109,128)(H,110,127)(H,111,130)(H,112,136)(H,113,137). The van der Waals surface area contributed by atoms with Crippen molar-refractivity contribution in [3.63, 3.8) is 0 Å². The third-order valence-electron chi connectivity index (χ3n) is 21.1. The maximum absolute atomic E-state index is 14.6. The molecule has 1 aliphatic rings. The fourth-order valence-electron chi connectivity index (χ4n) is 12.8. The van der Waals surface area contributed by atoms with Gasteiger partial charge in [0.05, 0.1) is 12.6 Å². The van der Waals surface area contributed by atoms with Gasteiger partial charge in [-0.1, -0.05) is 71.9 Å². The molecule has 11 atom stereocenters. The van der Waals surface area contributed by atoms with Crippen LogP contribution < -0.4 is 0 Å². The lowest BCUT2D eigenvalue weighted by Crippen LogP contribution is -2.50. The largest absolute Gasteiger partial charge is 0.497 e. The number of nitrogens with one attached hydrogen (secondary N) is 3. The minimum Gasteiger partial charge on any atom is -0.497 e. The van der Waals surface area contributed by atoms with Gasteiger partial charge in [0.25, 0.3) is 5.91 Å². The Morgan fingerprint density at radius 1 is 0.377 bits per heavy atom. The number of nitrogens with zero attached hydrogens (tertiary/aromatic N) is 20. The van der Waals surface area contributed by atoms with Gasteiger partial charge in [0.2, 0.25) is 106 Å². The van der Waals surface area contributed by atoms with Crippen LogP contribution in [0.1, 0.15) is 250 Å². The van der Waals surface area contributed by atoms with Crippen LogP contribution in [0.2, 0.25) is 0 Å². The second-order valence-electron chi connectivity index (χ2n) is 39.0. The minimum atomic E-state index is -1.88. The van der Waals surface area contributed by atoms with E-state index in [0.717, 1.165) is 5.56 Å². The van der Waals surface area contributed by atoms with Crippen LogP contribution in [0.15, 0.2) is 125 Å². The Hall–Kier alpha value is -13.0. The van der Waals surface area contributed by atoms with E-state index in [9.17, 15) is 122 Å². The number of aliphatic hydroxyl groups is 23. The number of aliphatic imine (C=N–C) groups is 19. The van der Waals surface area contributed by atoms with Gasteiger partial charge in [-0.15, -0.1) is 0 Å². The Kier molecular flexibility index (Phi) is 45.6. The molecule has 1 heterocycles. The van der Waals surface area contributed by atoms with Gasteiger partial charge >= 0.3 is 0 Å². The molecule has 2 rings (SSSR count). The molecule has 138 heavy (non-hydrogen) atoms. The number of likely N-dealkylation sites (tertiary alicyclic amines) is 1. The third-order valence-corrected chi connectivity index (χ3v) is 21.1. The summed E-state index contributed by atoms with van der Waals surface area (Å²) in [6.45, 7) is 36.2. The van der Waals surface area contributed by atoms with Crippen LogP contribution in [0.25, 0.3) is 0 Å². The number of hydrogen-bond acceptors (Lipinski definition) is 24. The van der Waals surface area contributed by atoms with Crippen molar-refractivity contribution < 1.29 is 122 Å². The number of aliphatic hydroxyl groups excluding tert-OH is 23. The molecule has 1 aromatic rings. The highest BCUT2D eigenvalue weighted by atomic mass is 16.3. The topological polar surface area (TPSA) is 792 Å². The molecule has 0 radical (unpaired) electrons. The summed E-state index contributed by atoms with van der Waals surface area (Å²) in [6.07, 6.45) is -1.43. The van der Waals surface area contributed by atoms with Crippen LogP contribution in [0.3, 0.4) is 0 Å². The predicted octanol–water partition coefficient (Wildman–Crippen LogP) is 14.1. The van der Waals surface area contributed by atoms with Gasteiger partial charge in [0.1, 0.15) is 111 Å². The molecule has 0 aliphatic carbocycles. The zero-order chi connectivity index (χ0) is 106. The van der Waals surface area contributed by atoms with Gasteiger partial charge < -0.3 is 122 Å². The summed E-state index contributed by atoms with van der Waals surface area (Å²) >= 11 is 0. The molecular formula is C91H151N23O24. The van der Waals surface area contributed by atoms with Crippen molar-refractivity contribution in [1.82, 2.24) is 4.90 Å². The van der Waals surface area contributed by atoms with E-state index in [2.05, 4.69) is 94.9 Å². The summed E-state index contributed by atoms with van der Waals surface area (Å²) in [5.74, 6) is -17.8. The highest BCUT2D eigenvalue weighted by Crippen LogP contribution is 2.30. The van der Waals surface area contributed by atoms with Crippen LogP contribution in [-0.4, -0.2) is 388 Å². The average molecular weight is 1950 g/mol. The van der Waals surface area contributed by atoms with Gasteiger partial charge in [-0.2, -0.15) is 0 Å². The summed E-state index contributed by atoms with van der Waals surface area (Å²) in [7, 11) is 0. The molecule has 0 spiro atoms. The van der Waals surface area contributed by atoms with Crippen molar-refractivity contribution in [1.29, 1.82) is 16.2 Å². The predicted molar refractivity (Wildman–Crippen MR) is 544 cm³/mol. The molecule has 11 unspecified atom stereocenters. The highest BCUT2D eigenvalue weighted by Gasteiger charge is 2.44. The summed E-state index contributed by atoms with van der Waals surface area (Å²) in [6, 6.07) is -5.30. The lowest BCUT2D eigenvalue weighted by Gasteiger charge is -2.31. The zero-order valence-electron chi connectivity index (χ0n) is 84.0. The maximum atomic E-state index is 14.6. The van der Waals surface area contributed by atoms with Gasteiger partial charge in [-0.25, -0.2) is 94.9 Å². The molecule has 0 aromatic heterocycles. The van der Waals surface area contributed by atoms with E-state index >= 15 is 0 Å². The van der Waals surface area contributed by atoms with E-state index in [-0.39, 0.29) is 75.6 Å². The van der Waals surface area contributed by atoms with Gasteiger partial charge in [0.15, 0.2) is 23.6 Å². The monoisotopic (exact) mass is 1950 g/mol. The first-order valence-electron chi connectivity index (χ1n) is 45.1. The van der Waals surface area contributed by atoms with Crippen LogP contribution >= 0.6 is 0 Å². The molecule has 1 aromatic carbocycles. The molecule has 26 N–H and O–H groups in total. The molecular weight excluding hydrogens is 1800 g/mol. The van der Waals surface area contributed by atoms with E-state index in [1.54, 1.807) is 71.9 Å². The van der Waals surface area contributed by atoms with Crippen LogP contribution in [-0.2, 0) is 11.2 Å². The number of benzene rings is 1. The molecule has 1 fully saturated rings. The number of amides is 1. The highest BCUT2D eigenvalue weighted by molar-refractivity contribution is 6.00. The summed E-state index contributed by atoms with van der Waals surface area (Å²) in [4.78, 5) is 95.5. The lowest BCUT2D eigenvalue weighted by molar-refractivity contribution is -0.135. The van der Waals surface area contributed by atoms with E-state index in [1.807, 2.05) is 0 Å².